The minimum Gasteiger partial charge on any atom is -0.376 e. The first-order valence-corrected chi connectivity index (χ1v) is 8.42. The molecule has 0 spiro atoms. The quantitative estimate of drug-likeness (QED) is 0.684. The summed E-state index contributed by atoms with van der Waals surface area (Å²) in [4.78, 5) is 17.6. The van der Waals surface area contributed by atoms with Gasteiger partial charge in [0.1, 0.15) is 11.9 Å². The van der Waals surface area contributed by atoms with Gasteiger partial charge in [0.05, 0.1) is 10.4 Å². The van der Waals surface area contributed by atoms with Gasteiger partial charge >= 0.3 is 5.69 Å². The molecular weight excluding hydrogens is 304 g/mol. The van der Waals surface area contributed by atoms with Crippen molar-refractivity contribution in [3.63, 3.8) is 0 Å². The van der Waals surface area contributed by atoms with Crippen LogP contribution in [0.5, 0.6) is 0 Å². The molecule has 6 nitrogen and oxygen atoms in total. The van der Waals surface area contributed by atoms with Gasteiger partial charge in [-0.1, -0.05) is 11.6 Å². The van der Waals surface area contributed by atoms with Gasteiger partial charge in [0.25, 0.3) is 0 Å². The van der Waals surface area contributed by atoms with Gasteiger partial charge in [0.2, 0.25) is 0 Å². The standard InChI is InChI=1S/C18H24N4O2/c1-12-4-9-16-15(10-12)18(17(11-19-16)22(23)24)20-13-5-7-14(8-6-13)21(2)3/h4,9-11,13-14H,5-8H2,1-3H3,(H,19,20). The summed E-state index contributed by atoms with van der Waals surface area (Å²) < 4.78 is 0. The van der Waals surface area contributed by atoms with Crippen molar-refractivity contribution < 1.29 is 4.92 Å². The van der Waals surface area contributed by atoms with E-state index in [2.05, 4.69) is 29.3 Å². The third kappa shape index (κ3) is 3.33. The van der Waals surface area contributed by atoms with Crippen molar-refractivity contribution in [3.8, 4) is 0 Å². The van der Waals surface area contributed by atoms with Crippen LogP contribution in [0.1, 0.15) is 31.2 Å². The second kappa shape index (κ2) is 6.73. The molecule has 0 unspecified atom stereocenters. The third-order valence-electron chi connectivity index (χ3n) is 4.98. The average molecular weight is 328 g/mol. The normalized spacial score (nSPS) is 21.2. The molecule has 0 radical (unpaired) electrons. The summed E-state index contributed by atoms with van der Waals surface area (Å²) in [5.41, 5.74) is 2.53. The van der Waals surface area contributed by atoms with Crippen LogP contribution in [0.4, 0.5) is 11.4 Å². The van der Waals surface area contributed by atoms with Crippen molar-refractivity contribution in [2.24, 2.45) is 0 Å². The lowest BCUT2D eigenvalue weighted by atomic mass is 9.90. The van der Waals surface area contributed by atoms with E-state index < -0.39 is 0 Å². The van der Waals surface area contributed by atoms with Crippen molar-refractivity contribution in [2.75, 3.05) is 19.4 Å². The fraction of sp³-hybridized carbons (Fsp3) is 0.500. The van der Waals surface area contributed by atoms with E-state index in [4.69, 9.17) is 0 Å². The number of aromatic nitrogens is 1. The Bertz CT molecular complexity index is 752. The minimum atomic E-state index is -0.345. The van der Waals surface area contributed by atoms with Crippen LogP contribution in [0.15, 0.2) is 24.4 Å². The first-order chi connectivity index (χ1) is 11.5. The number of anilines is 1. The Morgan fingerprint density at radius 3 is 2.58 bits per heavy atom. The Balaban J connectivity index is 1.91. The lowest BCUT2D eigenvalue weighted by Crippen LogP contribution is -2.36. The molecule has 1 fully saturated rings. The number of hydrogen-bond acceptors (Lipinski definition) is 5. The number of fused-ring (bicyclic) bond motifs is 1. The molecule has 0 atom stereocenters. The molecule has 1 heterocycles. The highest BCUT2D eigenvalue weighted by atomic mass is 16.6. The largest absolute Gasteiger partial charge is 0.376 e. The summed E-state index contributed by atoms with van der Waals surface area (Å²) in [5.74, 6) is 0. The number of pyridine rings is 1. The molecule has 1 aromatic carbocycles. The van der Waals surface area contributed by atoms with E-state index in [1.54, 1.807) is 0 Å². The molecule has 2 aromatic rings. The lowest BCUT2D eigenvalue weighted by Gasteiger charge is -2.33. The number of nitrogens with one attached hydrogen (secondary N) is 1. The van der Waals surface area contributed by atoms with Gasteiger partial charge < -0.3 is 10.2 Å². The van der Waals surface area contributed by atoms with Gasteiger partial charge in [-0.05, 0) is 58.8 Å². The molecule has 0 amide bonds. The monoisotopic (exact) mass is 328 g/mol. The average Bonchev–Trinajstić information content (AvgIpc) is 2.55. The number of rotatable bonds is 4. The summed E-state index contributed by atoms with van der Waals surface area (Å²) in [6.45, 7) is 1.99. The SMILES string of the molecule is Cc1ccc2ncc([N+](=O)[O-])c(NC3CCC(N(C)C)CC3)c2c1. The van der Waals surface area contributed by atoms with Crippen LogP contribution in [0, 0.1) is 17.0 Å². The zero-order valence-corrected chi connectivity index (χ0v) is 14.5. The third-order valence-corrected chi connectivity index (χ3v) is 4.98. The van der Waals surface area contributed by atoms with Crippen molar-refractivity contribution in [2.45, 2.75) is 44.7 Å². The molecule has 1 aliphatic rings. The Kier molecular flexibility index (Phi) is 4.66. The van der Waals surface area contributed by atoms with Gasteiger partial charge in [0.15, 0.2) is 0 Å². The molecular formula is C18H24N4O2. The summed E-state index contributed by atoms with van der Waals surface area (Å²) in [6, 6.07) is 6.75. The van der Waals surface area contributed by atoms with Gasteiger partial charge in [-0.2, -0.15) is 0 Å². The summed E-state index contributed by atoms with van der Waals surface area (Å²) in [7, 11) is 4.23. The molecule has 24 heavy (non-hydrogen) atoms. The maximum Gasteiger partial charge on any atom is 0.311 e. The van der Waals surface area contributed by atoms with Crippen LogP contribution >= 0.6 is 0 Å². The predicted molar refractivity (Wildman–Crippen MR) is 96.5 cm³/mol. The molecule has 3 rings (SSSR count). The van der Waals surface area contributed by atoms with E-state index in [0.29, 0.717) is 11.7 Å². The molecule has 0 saturated heterocycles. The van der Waals surface area contributed by atoms with E-state index in [0.717, 1.165) is 42.1 Å². The van der Waals surface area contributed by atoms with Gasteiger partial charge in [-0.3, -0.25) is 10.1 Å². The van der Waals surface area contributed by atoms with Gasteiger partial charge in [-0.15, -0.1) is 0 Å². The highest BCUT2D eigenvalue weighted by Gasteiger charge is 2.26. The summed E-state index contributed by atoms with van der Waals surface area (Å²) >= 11 is 0. The molecule has 1 aliphatic carbocycles. The molecule has 0 aliphatic heterocycles. The molecule has 6 heteroatoms. The number of nitro groups is 1. The molecule has 1 saturated carbocycles. The van der Waals surface area contributed by atoms with E-state index in [9.17, 15) is 10.1 Å². The second-order valence-corrected chi connectivity index (χ2v) is 6.91. The molecule has 0 bridgehead atoms. The van der Waals surface area contributed by atoms with E-state index >= 15 is 0 Å². The lowest BCUT2D eigenvalue weighted by molar-refractivity contribution is -0.384. The van der Waals surface area contributed by atoms with E-state index in [-0.39, 0.29) is 16.7 Å². The number of aryl methyl sites for hydroxylation is 1. The maximum absolute atomic E-state index is 11.5. The second-order valence-electron chi connectivity index (χ2n) is 6.91. The zero-order valence-electron chi connectivity index (χ0n) is 14.5. The molecule has 1 aromatic heterocycles. The fourth-order valence-corrected chi connectivity index (χ4v) is 3.53. The van der Waals surface area contributed by atoms with Crippen LogP contribution in [-0.4, -0.2) is 41.0 Å². The Morgan fingerprint density at radius 1 is 1.25 bits per heavy atom. The summed E-state index contributed by atoms with van der Waals surface area (Å²) in [5, 5.41) is 15.7. The van der Waals surface area contributed by atoms with Crippen LogP contribution in [0.25, 0.3) is 10.9 Å². The number of hydrogen-bond donors (Lipinski definition) is 1. The van der Waals surface area contributed by atoms with E-state index in [1.807, 2.05) is 25.1 Å². The van der Waals surface area contributed by atoms with Crippen molar-refractivity contribution >= 4 is 22.3 Å². The Hall–Kier alpha value is -2.21. The first kappa shape index (κ1) is 16.6. The highest BCUT2D eigenvalue weighted by Crippen LogP contribution is 2.34. The van der Waals surface area contributed by atoms with E-state index in [1.165, 1.54) is 6.20 Å². The number of nitrogens with zero attached hydrogens (tertiary/aromatic N) is 3. The van der Waals surface area contributed by atoms with Crippen LogP contribution in [0.2, 0.25) is 0 Å². The van der Waals surface area contributed by atoms with Gasteiger partial charge in [0, 0.05) is 17.5 Å². The van der Waals surface area contributed by atoms with Crippen molar-refractivity contribution in [1.82, 2.24) is 9.88 Å². The topological polar surface area (TPSA) is 71.3 Å². The zero-order chi connectivity index (χ0) is 17.3. The highest BCUT2D eigenvalue weighted by molar-refractivity contribution is 5.96. The fourth-order valence-electron chi connectivity index (χ4n) is 3.53. The van der Waals surface area contributed by atoms with Crippen LogP contribution in [0.3, 0.4) is 0 Å². The predicted octanol–water partition coefficient (Wildman–Crippen LogP) is 3.74. The van der Waals surface area contributed by atoms with Crippen molar-refractivity contribution in [1.29, 1.82) is 0 Å². The Morgan fingerprint density at radius 2 is 1.96 bits per heavy atom. The van der Waals surface area contributed by atoms with Gasteiger partial charge in [-0.25, -0.2) is 4.98 Å². The molecule has 1 N–H and O–H groups in total. The molecule has 128 valence electrons. The Labute approximate surface area is 142 Å². The van der Waals surface area contributed by atoms with Crippen LogP contribution < -0.4 is 5.32 Å². The smallest absolute Gasteiger partial charge is 0.311 e. The summed E-state index contributed by atoms with van der Waals surface area (Å²) in [6.07, 6.45) is 5.64. The first-order valence-electron chi connectivity index (χ1n) is 8.42. The minimum absolute atomic E-state index is 0.0582. The van der Waals surface area contributed by atoms with Crippen LogP contribution in [-0.2, 0) is 0 Å². The van der Waals surface area contributed by atoms with Crippen molar-refractivity contribution in [3.05, 3.63) is 40.1 Å². The maximum atomic E-state index is 11.5. The number of benzene rings is 1.